The van der Waals surface area contributed by atoms with Gasteiger partial charge in [-0.1, -0.05) is 44.2 Å². The van der Waals surface area contributed by atoms with E-state index in [0.29, 0.717) is 24.9 Å². The van der Waals surface area contributed by atoms with Crippen LogP contribution >= 0.6 is 12.4 Å². The predicted octanol–water partition coefficient (Wildman–Crippen LogP) is 1.92. The first-order chi connectivity index (χ1) is 9.88. The molecule has 1 aromatic carbocycles. The summed E-state index contributed by atoms with van der Waals surface area (Å²) in [6.07, 6.45) is 1.08. The summed E-state index contributed by atoms with van der Waals surface area (Å²) in [7, 11) is -3.45. The largest absolute Gasteiger partial charge is 0.323 e. The summed E-state index contributed by atoms with van der Waals surface area (Å²) in [4.78, 5) is 0. The van der Waals surface area contributed by atoms with Crippen LogP contribution in [0.25, 0.3) is 0 Å². The molecule has 0 bridgehead atoms. The van der Waals surface area contributed by atoms with Gasteiger partial charge in [0.15, 0.2) is 0 Å². The van der Waals surface area contributed by atoms with Crippen LogP contribution in [-0.2, 0) is 10.2 Å². The smallest absolute Gasteiger partial charge is 0.279 e. The average molecular weight is 348 g/mol. The first kappa shape index (κ1) is 19.4. The number of hydrogen-bond acceptors (Lipinski definition) is 3. The van der Waals surface area contributed by atoms with Crippen molar-refractivity contribution in [2.45, 2.75) is 26.3 Å². The number of halogens is 1. The van der Waals surface area contributed by atoms with Gasteiger partial charge in [0.1, 0.15) is 0 Å². The third-order valence-corrected chi connectivity index (χ3v) is 5.40. The molecule has 5 nitrogen and oxygen atoms in total. The molecule has 22 heavy (non-hydrogen) atoms. The zero-order valence-corrected chi connectivity index (χ0v) is 14.7. The Labute approximate surface area is 139 Å². The zero-order chi connectivity index (χ0) is 15.5. The number of nitrogens with one attached hydrogen (secondary N) is 1. The quantitative estimate of drug-likeness (QED) is 0.854. The molecule has 126 valence electrons. The first-order valence-corrected chi connectivity index (χ1v) is 8.87. The van der Waals surface area contributed by atoms with Crippen LogP contribution in [0.4, 0.5) is 0 Å². The summed E-state index contributed by atoms with van der Waals surface area (Å²) in [6, 6.07) is 9.20. The molecule has 2 rings (SSSR count). The summed E-state index contributed by atoms with van der Waals surface area (Å²) in [6.45, 7) is 5.56. The average Bonchev–Trinajstić information content (AvgIpc) is 2.45. The lowest BCUT2D eigenvalue weighted by atomic mass is 9.94. The molecule has 0 radical (unpaired) electrons. The minimum atomic E-state index is -3.45. The van der Waals surface area contributed by atoms with Gasteiger partial charge < -0.3 is 5.73 Å². The second kappa shape index (κ2) is 8.26. The van der Waals surface area contributed by atoms with Gasteiger partial charge in [0.25, 0.3) is 10.2 Å². The molecule has 3 atom stereocenters. The van der Waals surface area contributed by atoms with Crippen LogP contribution in [0, 0.1) is 11.8 Å². The molecule has 0 saturated carbocycles. The van der Waals surface area contributed by atoms with Crippen LogP contribution < -0.4 is 10.5 Å². The molecular formula is C15H26ClN3O2S. The molecule has 0 aliphatic carbocycles. The minimum absolute atomic E-state index is 0. The van der Waals surface area contributed by atoms with Crippen molar-refractivity contribution in [2.24, 2.45) is 17.6 Å². The van der Waals surface area contributed by atoms with Gasteiger partial charge >= 0.3 is 0 Å². The lowest BCUT2D eigenvalue weighted by molar-refractivity contribution is 0.220. The lowest BCUT2D eigenvalue weighted by Crippen LogP contribution is -2.49. The van der Waals surface area contributed by atoms with Gasteiger partial charge in [0.05, 0.1) is 0 Å². The summed E-state index contributed by atoms with van der Waals surface area (Å²) in [5.74, 6) is 0.793. The third-order valence-electron chi connectivity index (χ3n) is 3.89. The monoisotopic (exact) mass is 347 g/mol. The summed E-state index contributed by atoms with van der Waals surface area (Å²) in [5.41, 5.74) is 6.97. The Balaban J connectivity index is 0.00000242. The van der Waals surface area contributed by atoms with Gasteiger partial charge in [-0.3, -0.25) is 0 Å². The summed E-state index contributed by atoms with van der Waals surface area (Å²) in [5, 5.41) is 0. The lowest BCUT2D eigenvalue weighted by Gasteiger charge is -2.34. The van der Waals surface area contributed by atoms with Gasteiger partial charge in [0, 0.05) is 25.7 Å². The van der Waals surface area contributed by atoms with Gasteiger partial charge in [-0.25, -0.2) is 4.72 Å². The maximum absolute atomic E-state index is 12.4. The summed E-state index contributed by atoms with van der Waals surface area (Å²) >= 11 is 0. The van der Waals surface area contributed by atoms with E-state index >= 15 is 0 Å². The highest BCUT2D eigenvalue weighted by molar-refractivity contribution is 7.87. The zero-order valence-electron chi connectivity index (χ0n) is 13.1. The topological polar surface area (TPSA) is 75.4 Å². The van der Waals surface area contributed by atoms with Crippen molar-refractivity contribution in [1.82, 2.24) is 9.03 Å². The van der Waals surface area contributed by atoms with Crippen molar-refractivity contribution in [3.8, 4) is 0 Å². The van der Waals surface area contributed by atoms with Gasteiger partial charge in [-0.05, 0) is 23.8 Å². The molecule has 1 saturated heterocycles. The maximum atomic E-state index is 12.4. The number of nitrogens with two attached hydrogens (primary N) is 1. The number of nitrogens with zero attached hydrogens (tertiary/aromatic N) is 1. The fourth-order valence-electron chi connectivity index (χ4n) is 2.91. The molecule has 7 heteroatoms. The van der Waals surface area contributed by atoms with Crippen LogP contribution in [0.1, 0.15) is 31.9 Å². The highest BCUT2D eigenvalue weighted by Crippen LogP contribution is 2.22. The van der Waals surface area contributed by atoms with Crippen molar-refractivity contribution >= 4 is 22.6 Å². The molecule has 3 N–H and O–H groups in total. The van der Waals surface area contributed by atoms with Crippen molar-refractivity contribution < 1.29 is 8.42 Å². The van der Waals surface area contributed by atoms with E-state index < -0.39 is 10.2 Å². The van der Waals surface area contributed by atoms with E-state index in [1.807, 2.05) is 30.3 Å². The second-order valence-electron chi connectivity index (χ2n) is 6.13. The van der Waals surface area contributed by atoms with Crippen LogP contribution in [0.5, 0.6) is 0 Å². The van der Waals surface area contributed by atoms with E-state index in [-0.39, 0.29) is 25.0 Å². The Morgan fingerprint density at radius 3 is 2.32 bits per heavy atom. The van der Waals surface area contributed by atoms with Crippen LogP contribution in [-0.4, -0.2) is 32.4 Å². The fraction of sp³-hybridized carbons (Fsp3) is 0.600. The van der Waals surface area contributed by atoms with E-state index in [0.717, 1.165) is 12.0 Å². The molecule has 1 heterocycles. The Morgan fingerprint density at radius 1 is 1.23 bits per heavy atom. The molecule has 3 unspecified atom stereocenters. The Morgan fingerprint density at radius 2 is 1.77 bits per heavy atom. The number of piperidine rings is 1. The van der Waals surface area contributed by atoms with Crippen molar-refractivity contribution in [2.75, 3.05) is 19.6 Å². The standard InChI is InChI=1S/C15H25N3O2S.ClH/c1-12-8-13(2)11-18(10-12)21(19,20)17-9-15(16)14-6-4-3-5-7-14;/h3-7,12-13,15,17H,8-11,16H2,1-2H3;1H. The SMILES string of the molecule is CC1CC(C)CN(S(=O)(=O)NCC(N)c2ccccc2)C1.Cl. The number of benzene rings is 1. The van der Waals surface area contributed by atoms with Gasteiger partial charge in [0.2, 0.25) is 0 Å². The van der Waals surface area contributed by atoms with Gasteiger partial charge in [-0.15, -0.1) is 12.4 Å². The molecule has 1 aliphatic rings. The normalized spacial score (nSPS) is 24.5. The Bertz CT molecular complexity index is 543. The highest BCUT2D eigenvalue weighted by atomic mass is 35.5. The van der Waals surface area contributed by atoms with E-state index in [1.54, 1.807) is 4.31 Å². The van der Waals surface area contributed by atoms with E-state index in [4.69, 9.17) is 5.73 Å². The molecule has 0 aromatic heterocycles. The molecule has 1 aliphatic heterocycles. The van der Waals surface area contributed by atoms with E-state index in [9.17, 15) is 8.42 Å². The summed E-state index contributed by atoms with van der Waals surface area (Å²) < 4.78 is 28.9. The van der Waals surface area contributed by atoms with E-state index in [1.165, 1.54) is 0 Å². The predicted molar refractivity (Wildman–Crippen MR) is 92.1 cm³/mol. The highest BCUT2D eigenvalue weighted by Gasteiger charge is 2.30. The molecular weight excluding hydrogens is 322 g/mol. The fourth-order valence-corrected chi connectivity index (χ4v) is 4.38. The number of rotatable bonds is 5. The van der Waals surface area contributed by atoms with Crippen LogP contribution in [0.3, 0.4) is 0 Å². The second-order valence-corrected chi connectivity index (χ2v) is 7.89. The Kier molecular flexibility index (Phi) is 7.28. The number of hydrogen-bond donors (Lipinski definition) is 2. The van der Waals surface area contributed by atoms with Gasteiger partial charge in [-0.2, -0.15) is 12.7 Å². The minimum Gasteiger partial charge on any atom is -0.323 e. The molecule has 0 amide bonds. The maximum Gasteiger partial charge on any atom is 0.279 e. The van der Waals surface area contributed by atoms with Crippen molar-refractivity contribution in [1.29, 1.82) is 0 Å². The first-order valence-electron chi connectivity index (χ1n) is 7.43. The molecule has 0 spiro atoms. The molecule has 1 fully saturated rings. The van der Waals surface area contributed by atoms with Crippen LogP contribution in [0.2, 0.25) is 0 Å². The van der Waals surface area contributed by atoms with E-state index in [2.05, 4.69) is 18.6 Å². The molecule has 1 aromatic rings. The Hall–Kier alpha value is -0.660. The van der Waals surface area contributed by atoms with Crippen molar-refractivity contribution in [3.05, 3.63) is 35.9 Å². The van der Waals surface area contributed by atoms with Crippen molar-refractivity contribution in [3.63, 3.8) is 0 Å². The van der Waals surface area contributed by atoms with Crippen LogP contribution in [0.15, 0.2) is 30.3 Å². The third kappa shape index (κ3) is 5.21.